The molecular weight excluding hydrogens is 472 g/mol. The van der Waals surface area contributed by atoms with Gasteiger partial charge in [-0.15, -0.1) is 0 Å². The number of carbonyl (C=O) groups excluding carboxylic acids is 2. The van der Waals surface area contributed by atoms with Crippen molar-refractivity contribution in [2.75, 3.05) is 18.6 Å². The van der Waals surface area contributed by atoms with Gasteiger partial charge in [0.2, 0.25) is 0 Å². The van der Waals surface area contributed by atoms with Crippen LogP contribution in [0.4, 0.5) is 5.69 Å². The topological polar surface area (TPSA) is 97.2 Å². The normalized spacial score (nSPS) is 23.7. The third-order valence-corrected chi connectivity index (χ3v) is 8.67. The number of fused-ring (bicyclic) bond motifs is 2. The summed E-state index contributed by atoms with van der Waals surface area (Å²) in [7, 11) is -1.39. The molecule has 5 rings (SSSR count). The zero-order valence-corrected chi connectivity index (χ0v) is 22.5. The number of benzene rings is 2. The molecular formula is C28H36N2O5Si. The van der Waals surface area contributed by atoms with Gasteiger partial charge in [-0.3, -0.25) is 15.0 Å². The summed E-state index contributed by atoms with van der Waals surface area (Å²) in [5.74, 6) is -2.86. The van der Waals surface area contributed by atoms with E-state index in [-0.39, 0.29) is 24.2 Å². The zero-order chi connectivity index (χ0) is 25.9. The first-order chi connectivity index (χ1) is 17.2. The molecule has 36 heavy (non-hydrogen) atoms. The van der Waals surface area contributed by atoms with E-state index in [1.165, 1.54) is 0 Å². The van der Waals surface area contributed by atoms with Crippen molar-refractivity contribution in [2.45, 2.75) is 57.3 Å². The number of hydrogen-bond acceptors (Lipinski definition) is 7. The Balaban J connectivity index is 1.72. The summed E-state index contributed by atoms with van der Waals surface area (Å²) < 4.78 is 11.4. The first-order valence-corrected chi connectivity index (χ1v) is 16.4. The lowest BCUT2D eigenvalue weighted by atomic mass is 9.55. The number of phenolic OH excluding ortho intramolecular Hbond substituents is 1. The lowest BCUT2D eigenvalue weighted by Gasteiger charge is -2.47. The quantitative estimate of drug-likeness (QED) is 0.263. The molecule has 1 saturated carbocycles. The van der Waals surface area contributed by atoms with Gasteiger partial charge in [0.25, 0.3) is 0 Å². The molecule has 2 aromatic carbocycles. The van der Waals surface area contributed by atoms with Crippen LogP contribution in [0.25, 0.3) is 0 Å². The Hall–Kier alpha value is -3.13. The minimum Gasteiger partial charge on any atom is -0.508 e. The molecule has 0 amide bonds. The van der Waals surface area contributed by atoms with Gasteiger partial charge in [0, 0.05) is 25.6 Å². The molecule has 1 unspecified atom stereocenters. The smallest absolute Gasteiger partial charge is 0.310 e. The van der Waals surface area contributed by atoms with Gasteiger partial charge in [0.1, 0.15) is 5.75 Å². The van der Waals surface area contributed by atoms with Crippen molar-refractivity contribution in [3.05, 3.63) is 59.7 Å². The standard InChI is InChI=1S/C28H36N2O5Si/c1-5-13-34-28(33)26-24-21-16-19(31)11-12-20(21)22(25(26)27(32)35-14-15-36(2,3)4)17-23(24)30-29-18-9-7-6-8-10-18/h6-12,16,22,24-26,29,31H,5,13-15,17H2,1-4H3/t22?,24-,25-,26-/m1/s1. The van der Waals surface area contributed by atoms with E-state index in [1.807, 2.05) is 43.3 Å². The van der Waals surface area contributed by atoms with Crippen LogP contribution in [-0.4, -0.2) is 44.0 Å². The van der Waals surface area contributed by atoms with Gasteiger partial charge in [0.05, 0.1) is 30.7 Å². The molecule has 0 aliphatic heterocycles. The highest BCUT2D eigenvalue weighted by Crippen LogP contribution is 2.55. The highest BCUT2D eigenvalue weighted by Gasteiger charge is 2.57. The molecule has 0 spiro atoms. The molecule has 4 atom stereocenters. The molecule has 0 saturated heterocycles. The molecule has 3 aliphatic carbocycles. The van der Waals surface area contributed by atoms with Crippen molar-refractivity contribution in [3.63, 3.8) is 0 Å². The van der Waals surface area contributed by atoms with Gasteiger partial charge in [-0.05, 0) is 54.3 Å². The van der Waals surface area contributed by atoms with E-state index in [9.17, 15) is 14.7 Å². The highest BCUT2D eigenvalue weighted by atomic mass is 28.3. The monoisotopic (exact) mass is 508 g/mol. The number of nitrogens with one attached hydrogen (secondary N) is 1. The Morgan fingerprint density at radius 3 is 2.39 bits per heavy atom. The second-order valence-electron chi connectivity index (χ2n) is 10.9. The number of ether oxygens (including phenoxy) is 2. The molecule has 192 valence electrons. The van der Waals surface area contributed by atoms with Gasteiger partial charge in [0.15, 0.2) is 0 Å². The third kappa shape index (κ3) is 5.64. The first-order valence-electron chi connectivity index (χ1n) is 12.7. The number of hydrogen-bond donors (Lipinski definition) is 2. The van der Waals surface area contributed by atoms with Crippen LogP contribution in [0, 0.1) is 11.8 Å². The van der Waals surface area contributed by atoms with Gasteiger partial charge in [-0.1, -0.05) is 50.8 Å². The SMILES string of the molecule is CCCOC(=O)[C@H]1[C@H](C(=O)OCC[Si](C)(C)C)C2CC(=NNc3ccccc3)[C@H]1c1cc(O)ccc12. The van der Waals surface area contributed by atoms with Crippen molar-refractivity contribution in [1.82, 2.24) is 0 Å². The maximum Gasteiger partial charge on any atom is 0.310 e. The fourth-order valence-corrected chi connectivity index (χ4v) is 5.91. The van der Waals surface area contributed by atoms with E-state index in [0.29, 0.717) is 19.4 Å². The van der Waals surface area contributed by atoms with Gasteiger partial charge in [-0.2, -0.15) is 5.10 Å². The van der Waals surface area contributed by atoms with Gasteiger partial charge >= 0.3 is 11.9 Å². The number of aromatic hydroxyl groups is 1. The molecule has 8 heteroatoms. The van der Waals surface area contributed by atoms with Crippen LogP contribution in [0.15, 0.2) is 53.6 Å². The van der Waals surface area contributed by atoms with Crippen molar-refractivity contribution in [3.8, 4) is 5.75 Å². The lowest BCUT2D eigenvalue weighted by molar-refractivity contribution is -0.163. The molecule has 0 radical (unpaired) electrons. The molecule has 7 nitrogen and oxygen atoms in total. The Kier molecular flexibility index (Phi) is 7.83. The number of nitrogens with zero attached hydrogens (tertiary/aromatic N) is 1. The van der Waals surface area contributed by atoms with Crippen molar-refractivity contribution >= 4 is 31.4 Å². The number of hydrazone groups is 1. The Morgan fingerprint density at radius 2 is 1.69 bits per heavy atom. The molecule has 2 bridgehead atoms. The van der Waals surface area contributed by atoms with Crippen LogP contribution in [0.3, 0.4) is 0 Å². The summed E-state index contributed by atoms with van der Waals surface area (Å²) in [6.45, 7) is 9.29. The van der Waals surface area contributed by atoms with Crippen LogP contribution < -0.4 is 5.43 Å². The summed E-state index contributed by atoms with van der Waals surface area (Å²) in [4.78, 5) is 27.0. The van der Waals surface area contributed by atoms with Crippen LogP contribution in [0.2, 0.25) is 25.7 Å². The molecule has 0 heterocycles. The molecule has 2 aromatic rings. The predicted octanol–water partition coefficient (Wildman–Crippen LogP) is 5.51. The molecule has 2 N–H and O–H groups in total. The van der Waals surface area contributed by atoms with E-state index >= 15 is 0 Å². The first kappa shape index (κ1) is 25.9. The fourth-order valence-electron chi connectivity index (χ4n) is 5.20. The van der Waals surface area contributed by atoms with E-state index in [2.05, 4.69) is 25.1 Å². The van der Waals surface area contributed by atoms with Crippen LogP contribution in [0.5, 0.6) is 5.75 Å². The van der Waals surface area contributed by atoms with E-state index in [1.54, 1.807) is 12.1 Å². The van der Waals surface area contributed by atoms with E-state index in [0.717, 1.165) is 28.6 Å². The Labute approximate surface area is 213 Å². The van der Waals surface area contributed by atoms with E-state index in [4.69, 9.17) is 14.6 Å². The summed E-state index contributed by atoms with van der Waals surface area (Å²) in [5, 5.41) is 15.0. The predicted molar refractivity (Wildman–Crippen MR) is 143 cm³/mol. The van der Waals surface area contributed by atoms with Crippen LogP contribution in [0.1, 0.15) is 42.7 Å². The Bertz CT molecular complexity index is 1130. The highest BCUT2D eigenvalue weighted by molar-refractivity contribution is 6.76. The molecule has 1 fully saturated rings. The summed E-state index contributed by atoms with van der Waals surface area (Å²) in [6, 6.07) is 15.6. The summed E-state index contributed by atoms with van der Waals surface area (Å²) >= 11 is 0. The lowest BCUT2D eigenvalue weighted by Crippen LogP contribution is -2.51. The molecule has 0 aromatic heterocycles. The van der Waals surface area contributed by atoms with E-state index < -0.39 is 31.8 Å². The van der Waals surface area contributed by atoms with Crippen LogP contribution >= 0.6 is 0 Å². The molecule has 3 aliphatic rings. The number of esters is 2. The number of para-hydroxylation sites is 1. The minimum absolute atomic E-state index is 0.117. The Morgan fingerprint density at radius 1 is 1.00 bits per heavy atom. The zero-order valence-electron chi connectivity index (χ0n) is 21.5. The second-order valence-corrected chi connectivity index (χ2v) is 16.5. The van der Waals surface area contributed by atoms with Crippen LogP contribution in [-0.2, 0) is 19.1 Å². The van der Waals surface area contributed by atoms with Crippen molar-refractivity contribution in [1.29, 1.82) is 0 Å². The van der Waals surface area contributed by atoms with Gasteiger partial charge in [-0.25, -0.2) is 0 Å². The van der Waals surface area contributed by atoms with Gasteiger partial charge < -0.3 is 14.6 Å². The number of phenols is 1. The minimum atomic E-state index is -1.39. The largest absolute Gasteiger partial charge is 0.508 e. The summed E-state index contributed by atoms with van der Waals surface area (Å²) in [6.07, 6.45) is 1.21. The van der Waals surface area contributed by atoms with Crippen molar-refractivity contribution < 1.29 is 24.2 Å². The second kappa shape index (κ2) is 10.9. The van der Waals surface area contributed by atoms with Crippen molar-refractivity contribution in [2.24, 2.45) is 16.9 Å². The average Bonchev–Trinajstić information content (AvgIpc) is 2.85. The summed E-state index contributed by atoms with van der Waals surface area (Å²) in [5.41, 5.74) is 6.49. The fraction of sp³-hybridized carbons (Fsp3) is 0.464. The average molecular weight is 509 g/mol. The maximum atomic E-state index is 13.5. The third-order valence-electron chi connectivity index (χ3n) is 6.96. The number of carbonyl (C=O) groups is 2. The maximum absolute atomic E-state index is 13.5. The number of rotatable bonds is 9. The number of anilines is 1.